The van der Waals surface area contributed by atoms with Gasteiger partial charge in [0.15, 0.2) is 0 Å². The number of hydrogen-bond acceptors (Lipinski definition) is 1. The van der Waals surface area contributed by atoms with Gasteiger partial charge in [0.2, 0.25) is 0 Å². The first-order valence-corrected chi connectivity index (χ1v) is 9.25. The number of hydrogen-bond donors (Lipinski definition) is 1. The van der Waals surface area contributed by atoms with Crippen LogP contribution in [0.15, 0.2) is 18.2 Å². The molecule has 1 aromatic heterocycles. The number of rotatable bonds is 3. The Kier molecular flexibility index (Phi) is 5.10. The minimum Gasteiger partial charge on any atom is -0.478 e. The minimum atomic E-state index is -4.44. The van der Waals surface area contributed by atoms with Gasteiger partial charge in [0.1, 0.15) is 0 Å². The van der Waals surface area contributed by atoms with Crippen LogP contribution in [0.3, 0.4) is 0 Å². The van der Waals surface area contributed by atoms with Crippen LogP contribution >= 0.6 is 0 Å². The van der Waals surface area contributed by atoms with Crippen molar-refractivity contribution >= 4 is 5.97 Å². The number of halogens is 3. The second-order valence-corrected chi connectivity index (χ2v) is 7.43. The number of benzene rings is 1. The number of aromatic nitrogens is 1. The summed E-state index contributed by atoms with van der Waals surface area (Å²) in [6, 6.07) is 3.82. The van der Waals surface area contributed by atoms with Gasteiger partial charge >= 0.3 is 12.1 Å². The maximum absolute atomic E-state index is 13.3. The Balaban J connectivity index is 2.29. The van der Waals surface area contributed by atoms with E-state index in [1.165, 1.54) is 6.07 Å². The zero-order valence-electron chi connectivity index (χ0n) is 15.8. The zero-order chi connectivity index (χ0) is 19.9. The van der Waals surface area contributed by atoms with E-state index >= 15 is 0 Å². The molecule has 0 saturated heterocycles. The van der Waals surface area contributed by atoms with Crippen molar-refractivity contribution in [3.05, 3.63) is 46.1 Å². The molecule has 1 heterocycles. The lowest BCUT2D eigenvalue weighted by Gasteiger charge is -2.28. The van der Waals surface area contributed by atoms with Crippen molar-refractivity contribution in [3.8, 4) is 11.3 Å². The standard InChI is InChI=1S/C21H24F3NO2/c1-12-9-10-15(21(22,23)24)11-17(12)19-13(2)18(20(26)27)14(3)25(19)16-7-5-4-6-8-16/h9-11,16H,4-8H2,1-3H3,(H,26,27). The molecule has 27 heavy (non-hydrogen) atoms. The highest BCUT2D eigenvalue weighted by molar-refractivity contribution is 5.94. The van der Waals surface area contributed by atoms with Gasteiger partial charge < -0.3 is 9.67 Å². The van der Waals surface area contributed by atoms with Gasteiger partial charge in [0.25, 0.3) is 0 Å². The number of carboxylic acids is 1. The lowest BCUT2D eigenvalue weighted by atomic mass is 9.93. The van der Waals surface area contributed by atoms with Crippen LogP contribution in [0, 0.1) is 20.8 Å². The van der Waals surface area contributed by atoms with Crippen LogP contribution in [0.5, 0.6) is 0 Å². The summed E-state index contributed by atoms with van der Waals surface area (Å²) < 4.78 is 41.8. The number of carbonyl (C=O) groups is 1. The molecular formula is C21H24F3NO2. The van der Waals surface area contributed by atoms with Crippen molar-refractivity contribution in [2.75, 3.05) is 0 Å². The first-order chi connectivity index (χ1) is 12.6. The second-order valence-electron chi connectivity index (χ2n) is 7.43. The van der Waals surface area contributed by atoms with E-state index in [1.807, 2.05) is 4.57 Å². The molecule has 0 spiro atoms. The molecule has 1 N–H and O–H groups in total. The Morgan fingerprint density at radius 1 is 1.11 bits per heavy atom. The summed E-state index contributed by atoms with van der Waals surface area (Å²) in [5.41, 5.74) is 2.43. The molecule has 1 aromatic carbocycles. The van der Waals surface area contributed by atoms with E-state index in [0.29, 0.717) is 28.1 Å². The molecule has 3 rings (SSSR count). The Labute approximate surface area is 156 Å². The highest BCUT2D eigenvalue weighted by Gasteiger charge is 2.33. The zero-order valence-corrected chi connectivity index (χ0v) is 15.8. The fraction of sp³-hybridized carbons (Fsp3) is 0.476. The second kappa shape index (κ2) is 7.06. The maximum Gasteiger partial charge on any atom is 0.416 e. The number of nitrogens with zero attached hydrogens (tertiary/aromatic N) is 1. The molecule has 1 aliphatic carbocycles. The molecule has 0 unspecified atom stereocenters. The van der Waals surface area contributed by atoms with Gasteiger partial charge in [0.05, 0.1) is 16.8 Å². The van der Waals surface area contributed by atoms with E-state index in [2.05, 4.69) is 0 Å². The summed E-state index contributed by atoms with van der Waals surface area (Å²) in [5, 5.41) is 9.69. The third-order valence-electron chi connectivity index (χ3n) is 5.67. The van der Waals surface area contributed by atoms with Gasteiger partial charge in [-0.05, 0) is 56.9 Å². The lowest BCUT2D eigenvalue weighted by Crippen LogP contribution is -2.16. The highest BCUT2D eigenvalue weighted by Crippen LogP contribution is 2.41. The molecule has 0 aliphatic heterocycles. The van der Waals surface area contributed by atoms with Gasteiger partial charge in [-0.25, -0.2) is 4.79 Å². The predicted molar refractivity (Wildman–Crippen MR) is 98.2 cm³/mol. The summed E-state index contributed by atoms with van der Waals surface area (Å²) in [6.45, 7) is 5.23. The number of carboxylic acid groups (broad SMARTS) is 1. The van der Waals surface area contributed by atoms with Gasteiger partial charge in [-0.1, -0.05) is 25.3 Å². The Hall–Kier alpha value is -2.24. The van der Waals surface area contributed by atoms with Gasteiger partial charge in [0, 0.05) is 17.3 Å². The van der Waals surface area contributed by atoms with Crippen LogP contribution in [0.2, 0.25) is 0 Å². The van der Waals surface area contributed by atoms with Crippen molar-refractivity contribution < 1.29 is 23.1 Å². The molecule has 146 valence electrons. The van der Waals surface area contributed by atoms with Crippen LogP contribution in [0.4, 0.5) is 13.2 Å². The maximum atomic E-state index is 13.3. The molecule has 0 bridgehead atoms. The monoisotopic (exact) mass is 379 g/mol. The summed E-state index contributed by atoms with van der Waals surface area (Å²) in [5.74, 6) is -1.04. The van der Waals surface area contributed by atoms with Crippen molar-refractivity contribution in [3.63, 3.8) is 0 Å². The van der Waals surface area contributed by atoms with Crippen molar-refractivity contribution in [2.45, 2.75) is 65.1 Å². The summed E-state index contributed by atoms with van der Waals surface area (Å²) in [6.07, 6.45) is 0.621. The lowest BCUT2D eigenvalue weighted by molar-refractivity contribution is -0.137. The van der Waals surface area contributed by atoms with Gasteiger partial charge in [-0.3, -0.25) is 0 Å². The van der Waals surface area contributed by atoms with Crippen LogP contribution in [0.1, 0.15) is 70.9 Å². The first-order valence-electron chi connectivity index (χ1n) is 9.25. The van der Waals surface area contributed by atoms with Crippen LogP contribution < -0.4 is 0 Å². The Morgan fingerprint density at radius 3 is 2.30 bits per heavy atom. The predicted octanol–water partition coefficient (Wildman–Crippen LogP) is 6.30. The Bertz CT molecular complexity index is 875. The van der Waals surface area contributed by atoms with Crippen LogP contribution in [-0.2, 0) is 6.18 Å². The van der Waals surface area contributed by atoms with Crippen molar-refractivity contribution in [1.29, 1.82) is 0 Å². The molecule has 2 aromatic rings. The normalized spacial score (nSPS) is 15.9. The molecule has 3 nitrogen and oxygen atoms in total. The first kappa shape index (κ1) is 19.5. The van der Waals surface area contributed by atoms with E-state index < -0.39 is 17.7 Å². The third-order valence-corrected chi connectivity index (χ3v) is 5.67. The fourth-order valence-corrected chi connectivity index (χ4v) is 4.35. The molecule has 0 radical (unpaired) electrons. The molecule has 1 aliphatic rings. The van der Waals surface area contributed by atoms with E-state index in [1.54, 1.807) is 20.8 Å². The molecule has 6 heteroatoms. The molecule has 0 amide bonds. The largest absolute Gasteiger partial charge is 0.478 e. The van der Waals surface area contributed by atoms with E-state index in [4.69, 9.17) is 0 Å². The van der Waals surface area contributed by atoms with E-state index in [0.717, 1.165) is 44.2 Å². The Morgan fingerprint density at radius 2 is 1.74 bits per heavy atom. The van der Waals surface area contributed by atoms with Crippen LogP contribution in [0.25, 0.3) is 11.3 Å². The van der Waals surface area contributed by atoms with Crippen LogP contribution in [-0.4, -0.2) is 15.6 Å². The van der Waals surface area contributed by atoms with E-state index in [9.17, 15) is 23.1 Å². The summed E-state index contributed by atoms with van der Waals surface area (Å²) in [7, 11) is 0. The molecule has 1 fully saturated rings. The average molecular weight is 379 g/mol. The number of aromatic carboxylic acids is 1. The average Bonchev–Trinajstić information content (AvgIpc) is 2.85. The third kappa shape index (κ3) is 3.49. The smallest absolute Gasteiger partial charge is 0.416 e. The summed E-state index contributed by atoms with van der Waals surface area (Å²) in [4.78, 5) is 11.8. The topological polar surface area (TPSA) is 42.2 Å². The van der Waals surface area contributed by atoms with Gasteiger partial charge in [-0.15, -0.1) is 0 Å². The molecule has 1 saturated carbocycles. The minimum absolute atomic E-state index is 0.120. The SMILES string of the molecule is Cc1ccc(C(F)(F)F)cc1-c1c(C)c(C(=O)O)c(C)n1C1CCCCC1. The van der Waals surface area contributed by atoms with Crippen molar-refractivity contribution in [1.82, 2.24) is 4.57 Å². The highest BCUT2D eigenvalue weighted by atomic mass is 19.4. The van der Waals surface area contributed by atoms with E-state index in [-0.39, 0.29) is 11.6 Å². The van der Waals surface area contributed by atoms with Gasteiger partial charge in [-0.2, -0.15) is 13.2 Å². The fourth-order valence-electron chi connectivity index (χ4n) is 4.35. The summed E-state index contributed by atoms with van der Waals surface area (Å²) >= 11 is 0. The molecular weight excluding hydrogens is 355 g/mol. The molecule has 0 atom stereocenters. The quantitative estimate of drug-likeness (QED) is 0.680. The number of aryl methyl sites for hydroxylation is 1. The van der Waals surface area contributed by atoms with Crippen molar-refractivity contribution in [2.24, 2.45) is 0 Å². The number of alkyl halides is 3.